The zero-order valence-electron chi connectivity index (χ0n) is 12.7. The van der Waals surface area contributed by atoms with Crippen LogP contribution in [-0.4, -0.2) is 19.7 Å². The Hall–Kier alpha value is -2.16. The third-order valence-corrected chi connectivity index (χ3v) is 4.27. The molecule has 110 valence electrons. The van der Waals surface area contributed by atoms with E-state index in [0.29, 0.717) is 6.61 Å². The third-order valence-electron chi connectivity index (χ3n) is 4.27. The van der Waals surface area contributed by atoms with Crippen LogP contribution < -0.4 is 15.4 Å². The van der Waals surface area contributed by atoms with Crippen molar-refractivity contribution in [3.05, 3.63) is 53.1 Å². The molecule has 0 spiro atoms. The van der Waals surface area contributed by atoms with Crippen molar-refractivity contribution in [2.45, 2.75) is 20.3 Å². The Bertz CT molecular complexity index is 652. The fraction of sp³-hybridized carbons (Fsp3) is 0.333. The van der Waals surface area contributed by atoms with E-state index in [0.717, 1.165) is 30.9 Å². The predicted molar refractivity (Wildman–Crippen MR) is 88.2 cm³/mol. The van der Waals surface area contributed by atoms with Gasteiger partial charge in [0.15, 0.2) is 0 Å². The number of hydrogen-bond donors (Lipinski definition) is 1. The van der Waals surface area contributed by atoms with E-state index in [1.165, 1.54) is 22.4 Å². The lowest BCUT2D eigenvalue weighted by atomic mass is 10.1. The number of nitrogens with zero attached hydrogens (tertiary/aromatic N) is 1. The van der Waals surface area contributed by atoms with Crippen LogP contribution in [0, 0.1) is 13.8 Å². The molecule has 3 nitrogen and oxygen atoms in total. The number of benzene rings is 2. The van der Waals surface area contributed by atoms with Crippen LogP contribution in [0.5, 0.6) is 5.75 Å². The summed E-state index contributed by atoms with van der Waals surface area (Å²) in [5.41, 5.74) is 11.9. The maximum atomic E-state index is 5.95. The smallest absolute Gasteiger partial charge is 0.122 e. The molecule has 1 heterocycles. The van der Waals surface area contributed by atoms with Crippen LogP contribution in [0.3, 0.4) is 0 Å². The Morgan fingerprint density at radius 2 is 2.05 bits per heavy atom. The van der Waals surface area contributed by atoms with Crippen LogP contribution in [0.1, 0.15) is 16.7 Å². The SMILES string of the molecule is Cc1cccc(OCCN2CCc3ccc(N)cc32)c1C. The molecule has 0 saturated heterocycles. The van der Waals surface area contributed by atoms with Gasteiger partial charge in [0.25, 0.3) is 0 Å². The molecule has 0 fully saturated rings. The van der Waals surface area contributed by atoms with E-state index in [9.17, 15) is 0 Å². The van der Waals surface area contributed by atoms with Crippen LogP contribution in [0.2, 0.25) is 0 Å². The van der Waals surface area contributed by atoms with Gasteiger partial charge < -0.3 is 15.4 Å². The lowest BCUT2D eigenvalue weighted by Crippen LogP contribution is -2.26. The fourth-order valence-corrected chi connectivity index (χ4v) is 2.84. The van der Waals surface area contributed by atoms with Gasteiger partial charge in [-0.2, -0.15) is 0 Å². The summed E-state index contributed by atoms with van der Waals surface area (Å²) in [4.78, 5) is 2.36. The quantitative estimate of drug-likeness (QED) is 0.874. The first-order valence-corrected chi connectivity index (χ1v) is 7.47. The molecule has 2 N–H and O–H groups in total. The molecule has 0 bridgehead atoms. The molecular weight excluding hydrogens is 260 g/mol. The number of anilines is 2. The van der Waals surface area contributed by atoms with E-state index in [2.05, 4.69) is 36.9 Å². The first-order chi connectivity index (χ1) is 10.1. The Morgan fingerprint density at radius 1 is 1.19 bits per heavy atom. The predicted octanol–water partition coefficient (Wildman–Crippen LogP) is 3.33. The second-order valence-corrected chi connectivity index (χ2v) is 5.67. The summed E-state index contributed by atoms with van der Waals surface area (Å²) in [6.07, 6.45) is 1.10. The van der Waals surface area contributed by atoms with Crippen molar-refractivity contribution in [2.24, 2.45) is 0 Å². The third kappa shape index (κ3) is 2.82. The van der Waals surface area contributed by atoms with Crippen molar-refractivity contribution < 1.29 is 4.74 Å². The molecule has 0 aliphatic carbocycles. The number of nitrogen functional groups attached to an aromatic ring is 1. The zero-order chi connectivity index (χ0) is 14.8. The summed E-state index contributed by atoms with van der Waals surface area (Å²) in [6.45, 7) is 6.86. The summed E-state index contributed by atoms with van der Waals surface area (Å²) in [5, 5.41) is 0. The number of rotatable bonds is 4. The van der Waals surface area contributed by atoms with Gasteiger partial charge in [-0.3, -0.25) is 0 Å². The van der Waals surface area contributed by atoms with Gasteiger partial charge in [-0.25, -0.2) is 0 Å². The van der Waals surface area contributed by atoms with E-state index >= 15 is 0 Å². The second kappa shape index (κ2) is 5.68. The number of nitrogens with two attached hydrogens (primary N) is 1. The van der Waals surface area contributed by atoms with Crippen LogP contribution in [0.25, 0.3) is 0 Å². The Kier molecular flexibility index (Phi) is 3.74. The van der Waals surface area contributed by atoms with E-state index in [4.69, 9.17) is 10.5 Å². The normalized spacial score (nSPS) is 13.3. The molecule has 2 aromatic carbocycles. The molecule has 0 aromatic heterocycles. The van der Waals surface area contributed by atoms with Gasteiger partial charge in [0.1, 0.15) is 12.4 Å². The van der Waals surface area contributed by atoms with Gasteiger partial charge in [-0.15, -0.1) is 0 Å². The molecule has 21 heavy (non-hydrogen) atoms. The van der Waals surface area contributed by atoms with Crippen molar-refractivity contribution in [2.75, 3.05) is 30.3 Å². The molecule has 0 amide bonds. The highest BCUT2D eigenvalue weighted by Gasteiger charge is 2.18. The summed E-state index contributed by atoms with van der Waals surface area (Å²) in [7, 11) is 0. The van der Waals surface area contributed by atoms with Crippen LogP contribution in [-0.2, 0) is 6.42 Å². The van der Waals surface area contributed by atoms with Crippen molar-refractivity contribution in [1.82, 2.24) is 0 Å². The number of hydrogen-bond acceptors (Lipinski definition) is 3. The first kappa shape index (κ1) is 13.8. The second-order valence-electron chi connectivity index (χ2n) is 5.67. The van der Waals surface area contributed by atoms with Gasteiger partial charge >= 0.3 is 0 Å². The minimum Gasteiger partial charge on any atom is -0.491 e. The minimum atomic E-state index is 0.693. The van der Waals surface area contributed by atoms with Crippen molar-refractivity contribution in [1.29, 1.82) is 0 Å². The number of aryl methyl sites for hydroxylation is 1. The van der Waals surface area contributed by atoms with Gasteiger partial charge in [-0.05, 0) is 55.2 Å². The molecule has 1 aliphatic heterocycles. The highest BCUT2D eigenvalue weighted by molar-refractivity contribution is 5.64. The van der Waals surface area contributed by atoms with Crippen LogP contribution in [0.15, 0.2) is 36.4 Å². The standard InChI is InChI=1S/C18H22N2O/c1-13-4-3-5-18(14(13)2)21-11-10-20-9-8-15-6-7-16(19)12-17(15)20/h3-7,12H,8-11,19H2,1-2H3. The lowest BCUT2D eigenvalue weighted by Gasteiger charge is -2.20. The van der Waals surface area contributed by atoms with Crippen molar-refractivity contribution >= 4 is 11.4 Å². The molecule has 1 aliphatic rings. The highest BCUT2D eigenvalue weighted by Crippen LogP contribution is 2.29. The molecule has 0 saturated carbocycles. The minimum absolute atomic E-state index is 0.693. The largest absolute Gasteiger partial charge is 0.491 e. The molecule has 0 unspecified atom stereocenters. The Balaban J connectivity index is 1.63. The maximum absolute atomic E-state index is 5.95. The van der Waals surface area contributed by atoms with E-state index in [1.54, 1.807) is 0 Å². The molecule has 3 heteroatoms. The maximum Gasteiger partial charge on any atom is 0.122 e. The monoisotopic (exact) mass is 282 g/mol. The van der Waals surface area contributed by atoms with Gasteiger partial charge in [0.2, 0.25) is 0 Å². The topological polar surface area (TPSA) is 38.5 Å². The summed E-state index contributed by atoms with van der Waals surface area (Å²) < 4.78 is 5.95. The lowest BCUT2D eigenvalue weighted by molar-refractivity contribution is 0.322. The average Bonchev–Trinajstić information content (AvgIpc) is 2.86. The average molecular weight is 282 g/mol. The molecule has 0 atom stereocenters. The Morgan fingerprint density at radius 3 is 2.90 bits per heavy atom. The first-order valence-electron chi connectivity index (χ1n) is 7.47. The van der Waals surface area contributed by atoms with E-state index < -0.39 is 0 Å². The van der Waals surface area contributed by atoms with Crippen LogP contribution in [0.4, 0.5) is 11.4 Å². The van der Waals surface area contributed by atoms with Crippen molar-refractivity contribution in [3.63, 3.8) is 0 Å². The zero-order valence-corrected chi connectivity index (χ0v) is 12.7. The number of fused-ring (bicyclic) bond motifs is 1. The number of ether oxygens (including phenoxy) is 1. The summed E-state index contributed by atoms with van der Waals surface area (Å²) in [5.74, 6) is 0.988. The van der Waals surface area contributed by atoms with E-state index in [-0.39, 0.29) is 0 Å². The molecule has 3 rings (SSSR count). The van der Waals surface area contributed by atoms with Crippen molar-refractivity contribution in [3.8, 4) is 5.75 Å². The summed E-state index contributed by atoms with van der Waals surface area (Å²) >= 11 is 0. The highest BCUT2D eigenvalue weighted by atomic mass is 16.5. The van der Waals surface area contributed by atoms with Gasteiger partial charge in [-0.1, -0.05) is 18.2 Å². The molecular formula is C18H22N2O. The summed E-state index contributed by atoms with van der Waals surface area (Å²) in [6, 6.07) is 12.4. The van der Waals surface area contributed by atoms with Gasteiger partial charge in [0.05, 0.1) is 6.54 Å². The van der Waals surface area contributed by atoms with Crippen LogP contribution >= 0.6 is 0 Å². The van der Waals surface area contributed by atoms with E-state index in [1.807, 2.05) is 18.2 Å². The van der Waals surface area contributed by atoms with Gasteiger partial charge in [0, 0.05) is 17.9 Å². The fourth-order valence-electron chi connectivity index (χ4n) is 2.84. The molecule has 0 radical (unpaired) electrons. The molecule has 2 aromatic rings. The Labute approximate surface area is 126 Å².